The van der Waals surface area contributed by atoms with Gasteiger partial charge in [0.1, 0.15) is 11.8 Å². The number of nitrogens with zero attached hydrogens (tertiary/aromatic N) is 2. The van der Waals surface area contributed by atoms with Crippen LogP contribution < -0.4 is 10.1 Å². The van der Waals surface area contributed by atoms with Crippen molar-refractivity contribution in [3.63, 3.8) is 0 Å². The minimum atomic E-state index is -0.425. The van der Waals surface area contributed by atoms with Gasteiger partial charge in [0.05, 0.1) is 7.11 Å². The van der Waals surface area contributed by atoms with Crippen molar-refractivity contribution >= 4 is 28.7 Å². The van der Waals surface area contributed by atoms with E-state index in [0.29, 0.717) is 32.4 Å². The summed E-state index contributed by atoms with van der Waals surface area (Å²) >= 11 is 0. The van der Waals surface area contributed by atoms with Crippen LogP contribution in [0.4, 0.5) is 4.79 Å². The minimum absolute atomic E-state index is 0.0818. The lowest BCUT2D eigenvalue weighted by Crippen LogP contribution is -2.39. The summed E-state index contributed by atoms with van der Waals surface area (Å²) in [6, 6.07) is 13.1. The van der Waals surface area contributed by atoms with Gasteiger partial charge in [-0.15, -0.1) is 0 Å². The van der Waals surface area contributed by atoms with Crippen molar-refractivity contribution in [3.05, 3.63) is 65.4 Å². The topological polar surface area (TPSA) is 94.7 Å². The Bertz CT molecular complexity index is 1210. The van der Waals surface area contributed by atoms with Gasteiger partial charge in [0.15, 0.2) is 0 Å². The third-order valence-corrected chi connectivity index (χ3v) is 6.75. The molecule has 176 valence electrons. The fraction of sp³-hybridized carbons (Fsp3) is 0.346. The summed E-state index contributed by atoms with van der Waals surface area (Å²) in [6.07, 6.45) is 3.91. The molecule has 3 aromatic rings. The number of imide groups is 1. The third kappa shape index (κ3) is 4.11. The van der Waals surface area contributed by atoms with Gasteiger partial charge in [0.2, 0.25) is 5.91 Å². The molecule has 0 saturated carbocycles. The number of hydrogen-bond acceptors (Lipinski definition) is 4. The number of aromatic nitrogens is 1. The number of carbonyl (C=O) groups is 3. The van der Waals surface area contributed by atoms with Gasteiger partial charge in [-0.1, -0.05) is 24.3 Å². The first-order valence-electron chi connectivity index (χ1n) is 11.6. The molecule has 1 fully saturated rings. The van der Waals surface area contributed by atoms with Gasteiger partial charge in [0, 0.05) is 49.6 Å². The zero-order valence-electron chi connectivity index (χ0n) is 19.2. The molecule has 1 aromatic heterocycles. The van der Waals surface area contributed by atoms with Crippen molar-refractivity contribution < 1.29 is 19.1 Å². The third-order valence-electron chi connectivity index (χ3n) is 6.75. The summed E-state index contributed by atoms with van der Waals surface area (Å²) < 4.78 is 5.30. The van der Waals surface area contributed by atoms with E-state index in [1.54, 1.807) is 12.0 Å². The number of hydrogen-bond donors (Lipinski definition) is 2. The maximum atomic E-state index is 12.8. The predicted molar refractivity (Wildman–Crippen MR) is 127 cm³/mol. The molecule has 4 amide bonds. The van der Waals surface area contributed by atoms with E-state index in [4.69, 9.17) is 4.74 Å². The molecule has 0 radical (unpaired) electrons. The highest BCUT2D eigenvalue weighted by atomic mass is 16.5. The molecule has 2 aliphatic heterocycles. The molecule has 0 spiro atoms. The number of fused-ring (bicyclic) bond motifs is 3. The number of carbonyl (C=O) groups excluding carboxylic acids is 3. The molecule has 2 aliphatic rings. The van der Waals surface area contributed by atoms with Gasteiger partial charge in [-0.2, -0.15) is 0 Å². The Labute approximate surface area is 197 Å². The number of benzene rings is 2. The molecule has 0 aliphatic carbocycles. The molecule has 3 heterocycles. The second-order valence-electron chi connectivity index (χ2n) is 8.82. The highest BCUT2D eigenvalue weighted by Crippen LogP contribution is 2.30. The standard InChI is InChI=1S/C26H28N4O4/c1-34-20-8-9-22-21(14-20)18(15-28-22)10-11-27-24(31)7-4-12-29-25(32)23-13-17-5-2-3-6-19(17)16-30(23)26(29)33/h2-3,5-6,8-9,14-15,23,28H,4,7,10-13,16H2,1H3,(H,27,31)/t23-/m1/s1. The molecule has 0 unspecified atom stereocenters. The molecular formula is C26H28N4O4. The zero-order valence-corrected chi connectivity index (χ0v) is 19.2. The summed E-state index contributed by atoms with van der Waals surface area (Å²) in [5, 5.41) is 4.02. The van der Waals surface area contributed by atoms with E-state index in [1.807, 2.05) is 48.7 Å². The van der Waals surface area contributed by atoms with Gasteiger partial charge in [-0.25, -0.2) is 4.79 Å². The fourth-order valence-electron chi connectivity index (χ4n) is 4.89. The van der Waals surface area contributed by atoms with E-state index in [1.165, 1.54) is 4.90 Å². The predicted octanol–water partition coefficient (Wildman–Crippen LogP) is 3.00. The number of H-pyrrole nitrogens is 1. The number of amides is 4. The highest BCUT2D eigenvalue weighted by molar-refractivity contribution is 6.04. The van der Waals surface area contributed by atoms with E-state index >= 15 is 0 Å². The Balaban J connectivity index is 1.09. The van der Waals surface area contributed by atoms with Crippen LogP contribution in [0, 0.1) is 0 Å². The van der Waals surface area contributed by atoms with Gasteiger partial charge in [0.25, 0.3) is 5.91 Å². The Morgan fingerprint density at radius 1 is 1.18 bits per heavy atom. The number of ether oxygens (including phenoxy) is 1. The first kappa shape index (κ1) is 22.0. The van der Waals surface area contributed by atoms with Crippen LogP contribution in [0.5, 0.6) is 5.75 Å². The van der Waals surface area contributed by atoms with Crippen molar-refractivity contribution in [1.82, 2.24) is 20.1 Å². The normalized spacial score (nSPS) is 17.1. The average Bonchev–Trinajstić information content (AvgIpc) is 3.36. The smallest absolute Gasteiger partial charge is 0.327 e. The minimum Gasteiger partial charge on any atom is -0.497 e. The molecule has 5 rings (SSSR count). The van der Waals surface area contributed by atoms with Crippen LogP contribution in [0.3, 0.4) is 0 Å². The second-order valence-corrected chi connectivity index (χ2v) is 8.82. The van der Waals surface area contributed by atoms with Crippen molar-refractivity contribution in [2.24, 2.45) is 0 Å². The summed E-state index contributed by atoms with van der Waals surface area (Å²) in [6.45, 7) is 1.23. The lowest BCUT2D eigenvalue weighted by molar-refractivity contribution is -0.129. The van der Waals surface area contributed by atoms with Crippen LogP contribution in [0.1, 0.15) is 29.5 Å². The Kier molecular flexibility index (Phi) is 5.96. The largest absolute Gasteiger partial charge is 0.497 e. The van der Waals surface area contributed by atoms with Gasteiger partial charge in [-0.05, 0) is 47.7 Å². The van der Waals surface area contributed by atoms with E-state index < -0.39 is 6.04 Å². The molecule has 1 saturated heterocycles. The van der Waals surface area contributed by atoms with Gasteiger partial charge in [-0.3, -0.25) is 14.5 Å². The second kappa shape index (κ2) is 9.21. The molecule has 34 heavy (non-hydrogen) atoms. The van der Waals surface area contributed by atoms with Crippen molar-refractivity contribution in [1.29, 1.82) is 0 Å². The Morgan fingerprint density at radius 3 is 2.82 bits per heavy atom. The maximum Gasteiger partial charge on any atom is 0.327 e. The summed E-state index contributed by atoms with van der Waals surface area (Å²) in [5.41, 5.74) is 4.36. The maximum absolute atomic E-state index is 12.8. The van der Waals surface area contributed by atoms with E-state index in [2.05, 4.69) is 10.3 Å². The Morgan fingerprint density at radius 2 is 2.00 bits per heavy atom. The first-order valence-corrected chi connectivity index (χ1v) is 11.6. The molecule has 2 N–H and O–H groups in total. The Hall–Kier alpha value is -3.81. The zero-order chi connectivity index (χ0) is 23.7. The number of nitrogens with one attached hydrogen (secondary N) is 2. The van der Waals surface area contributed by atoms with Crippen molar-refractivity contribution in [2.45, 2.75) is 38.3 Å². The van der Waals surface area contributed by atoms with Gasteiger partial charge < -0.3 is 19.9 Å². The molecule has 0 bridgehead atoms. The van der Waals surface area contributed by atoms with Crippen LogP contribution in [0.15, 0.2) is 48.7 Å². The number of aromatic amines is 1. The lowest BCUT2D eigenvalue weighted by atomic mass is 9.95. The highest BCUT2D eigenvalue weighted by Gasteiger charge is 2.46. The fourth-order valence-corrected chi connectivity index (χ4v) is 4.89. The number of urea groups is 1. The molecule has 2 aromatic carbocycles. The van der Waals surface area contributed by atoms with Crippen LogP contribution in [0.25, 0.3) is 10.9 Å². The molecule has 8 heteroatoms. The summed E-state index contributed by atoms with van der Waals surface area (Å²) in [5.74, 6) is 0.555. The van der Waals surface area contributed by atoms with Crippen molar-refractivity contribution in [3.8, 4) is 5.75 Å². The van der Waals surface area contributed by atoms with Crippen LogP contribution in [0.2, 0.25) is 0 Å². The lowest BCUT2D eigenvalue weighted by Gasteiger charge is -2.28. The van der Waals surface area contributed by atoms with Crippen LogP contribution in [-0.4, -0.2) is 58.9 Å². The summed E-state index contributed by atoms with van der Waals surface area (Å²) in [4.78, 5) is 44.2. The first-order chi connectivity index (χ1) is 16.5. The number of methoxy groups -OCH3 is 1. The molecule has 8 nitrogen and oxygen atoms in total. The van der Waals surface area contributed by atoms with E-state index in [9.17, 15) is 14.4 Å². The van der Waals surface area contributed by atoms with E-state index in [-0.39, 0.29) is 30.8 Å². The molecule has 1 atom stereocenters. The van der Waals surface area contributed by atoms with Crippen LogP contribution in [-0.2, 0) is 29.0 Å². The average molecular weight is 461 g/mol. The van der Waals surface area contributed by atoms with E-state index in [0.717, 1.165) is 33.3 Å². The quantitative estimate of drug-likeness (QED) is 0.505. The monoisotopic (exact) mass is 460 g/mol. The van der Waals surface area contributed by atoms with Crippen molar-refractivity contribution in [2.75, 3.05) is 20.2 Å². The number of rotatable bonds is 8. The molecular weight excluding hydrogens is 432 g/mol. The van der Waals surface area contributed by atoms with Gasteiger partial charge >= 0.3 is 6.03 Å². The summed E-state index contributed by atoms with van der Waals surface area (Å²) in [7, 11) is 1.64. The SMILES string of the molecule is COc1ccc2[nH]cc(CCNC(=O)CCCN3C(=O)[C@H]4Cc5ccccc5CN4C3=O)c2c1. The van der Waals surface area contributed by atoms with Crippen LogP contribution >= 0.6 is 0 Å².